The smallest absolute Gasteiger partial charge is 0.389 e. The lowest BCUT2D eigenvalue weighted by Crippen LogP contribution is -2.48. The maximum Gasteiger partial charge on any atom is 0.389 e. The number of alkyl halides is 3. The zero-order chi connectivity index (χ0) is 36.4. The van der Waals surface area contributed by atoms with Gasteiger partial charge in [0.2, 0.25) is 5.91 Å². The van der Waals surface area contributed by atoms with Crippen LogP contribution in [0, 0.1) is 5.92 Å². The number of aliphatic hydroxyl groups is 1. The third-order valence-electron chi connectivity index (χ3n) is 8.80. The van der Waals surface area contributed by atoms with Gasteiger partial charge in [-0.25, -0.2) is 4.79 Å². The van der Waals surface area contributed by atoms with Crippen LogP contribution in [0.15, 0.2) is 60.7 Å². The number of benzene rings is 3. The van der Waals surface area contributed by atoms with Gasteiger partial charge in [-0.15, -0.1) is 0 Å². The summed E-state index contributed by atoms with van der Waals surface area (Å²) in [7, 11) is 1.68. The predicted octanol–water partition coefficient (Wildman–Crippen LogP) is 7.08. The topological polar surface area (TPSA) is 120 Å². The molecule has 1 aliphatic heterocycles. The Bertz CT molecular complexity index is 1610. The van der Waals surface area contributed by atoms with E-state index in [4.69, 9.17) is 9.47 Å². The van der Waals surface area contributed by atoms with Gasteiger partial charge in [0.05, 0.1) is 42.5 Å². The summed E-state index contributed by atoms with van der Waals surface area (Å²) in [6.07, 6.45) is -5.14. The molecule has 4 atom stereocenters. The number of ether oxygens (including phenoxy) is 2. The molecule has 10 nitrogen and oxygen atoms in total. The molecular weight excluding hydrogens is 653 g/mol. The molecule has 0 bridgehead atoms. The fourth-order valence-corrected chi connectivity index (χ4v) is 5.84. The van der Waals surface area contributed by atoms with E-state index in [0.717, 1.165) is 23.6 Å². The minimum Gasteiger partial charge on any atom is -0.490 e. The van der Waals surface area contributed by atoms with E-state index < -0.39 is 43.0 Å². The van der Waals surface area contributed by atoms with Gasteiger partial charge < -0.3 is 35.0 Å². The lowest BCUT2D eigenvalue weighted by atomic mass is 10.0. The number of nitrogens with zero attached hydrogens (tertiary/aromatic N) is 2. The fraction of sp³-hybridized carbons (Fsp3) is 0.486. The standard InChI is InChI=1S/C37H47F3N4O6/c1-24-21-44(25(2)23-45)35(47)30-20-28(41-34(46)17-18-37(38,39)40)15-16-32(30)50-26(3)10-7-8-19-49-33(24)22-43(4)36(48)42-31-14-9-12-27-11-5-6-13-29(27)31/h5-6,9,11-16,20,24-26,33,45H,7-8,10,17-19,21-23H2,1-4H3,(H,41,46)(H,42,48)/t24-,25+,26-,33-/m1/s1. The van der Waals surface area contributed by atoms with Crippen LogP contribution in [0.3, 0.4) is 0 Å². The second-order valence-corrected chi connectivity index (χ2v) is 13.0. The minimum atomic E-state index is -4.48. The Kier molecular flexibility index (Phi) is 13.5. The van der Waals surface area contributed by atoms with Crippen molar-refractivity contribution in [2.75, 3.05) is 44.0 Å². The molecule has 3 aromatic rings. The summed E-state index contributed by atoms with van der Waals surface area (Å²) in [6.45, 7) is 5.91. The first-order valence-corrected chi connectivity index (χ1v) is 17.0. The molecular formula is C37H47F3N4O6. The van der Waals surface area contributed by atoms with Crippen LogP contribution >= 0.6 is 0 Å². The van der Waals surface area contributed by atoms with E-state index in [1.807, 2.05) is 56.3 Å². The summed E-state index contributed by atoms with van der Waals surface area (Å²) in [6, 6.07) is 16.9. The van der Waals surface area contributed by atoms with Crippen LogP contribution in [0.25, 0.3) is 10.8 Å². The number of carbonyl (C=O) groups is 3. The first-order chi connectivity index (χ1) is 23.8. The zero-order valence-corrected chi connectivity index (χ0v) is 29.0. The number of amides is 4. The molecule has 1 aliphatic rings. The van der Waals surface area contributed by atoms with Gasteiger partial charge in [-0.2, -0.15) is 13.2 Å². The van der Waals surface area contributed by atoms with Crippen molar-refractivity contribution in [2.24, 2.45) is 5.92 Å². The number of carbonyl (C=O) groups excluding carboxylic acids is 3. The lowest BCUT2D eigenvalue weighted by Gasteiger charge is -2.35. The molecule has 4 amide bonds. The van der Waals surface area contributed by atoms with Crippen molar-refractivity contribution in [3.8, 4) is 5.75 Å². The molecule has 13 heteroatoms. The number of nitrogens with one attached hydrogen (secondary N) is 2. The minimum absolute atomic E-state index is 0.0964. The molecule has 0 saturated heterocycles. The van der Waals surface area contributed by atoms with Crippen molar-refractivity contribution in [1.82, 2.24) is 9.80 Å². The Balaban J connectivity index is 1.57. The summed E-state index contributed by atoms with van der Waals surface area (Å²) in [5.74, 6) is -1.39. The molecule has 0 fully saturated rings. The average molecular weight is 701 g/mol. The third-order valence-corrected chi connectivity index (χ3v) is 8.80. The van der Waals surface area contributed by atoms with Crippen molar-refractivity contribution < 1.29 is 42.1 Å². The SMILES string of the molecule is C[C@@H]1CCCCO[C@H](CN(C)C(=O)Nc2cccc3ccccc23)[C@H](C)CN([C@@H](C)CO)C(=O)c2cc(NC(=O)CCC(F)(F)F)ccc2O1. The van der Waals surface area contributed by atoms with E-state index in [2.05, 4.69) is 10.6 Å². The molecule has 4 rings (SSSR count). The predicted molar refractivity (Wildman–Crippen MR) is 186 cm³/mol. The Morgan fingerprint density at radius 2 is 1.80 bits per heavy atom. The van der Waals surface area contributed by atoms with Gasteiger partial charge in [0.1, 0.15) is 5.75 Å². The van der Waals surface area contributed by atoms with E-state index in [1.54, 1.807) is 18.9 Å². The van der Waals surface area contributed by atoms with E-state index in [-0.39, 0.29) is 54.7 Å². The van der Waals surface area contributed by atoms with E-state index in [0.29, 0.717) is 18.7 Å². The molecule has 0 saturated carbocycles. The Hall–Kier alpha value is -4.36. The highest BCUT2D eigenvalue weighted by atomic mass is 19.4. The first-order valence-electron chi connectivity index (χ1n) is 17.0. The number of fused-ring (bicyclic) bond motifs is 2. The number of hydrogen-bond donors (Lipinski definition) is 3. The fourth-order valence-electron chi connectivity index (χ4n) is 5.84. The molecule has 0 spiro atoms. The third kappa shape index (κ3) is 10.8. The van der Waals surface area contributed by atoms with Crippen LogP contribution < -0.4 is 15.4 Å². The summed E-state index contributed by atoms with van der Waals surface area (Å²) in [5.41, 5.74) is 0.921. The van der Waals surface area contributed by atoms with Crippen LogP contribution in [-0.2, 0) is 9.53 Å². The maximum absolute atomic E-state index is 14.3. The second-order valence-electron chi connectivity index (χ2n) is 13.0. The number of anilines is 2. The van der Waals surface area contributed by atoms with Crippen LogP contribution in [0.2, 0.25) is 0 Å². The van der Waals surface area contributed by atoms with E-state index in [9.17, 15) is 32.7 Å². The van der Waals surface area contributed by atoms with Crippen molar-refractivity contribution in [3.63, 3.8) is 0 Å². The molecule has 0 unspecified atom stereocenters. The summed E-state index contributed by atoms with van der Waals surface area (Å²) < 4.78 is 50.6. The van der Waals surface area contributed by atoms with Gasteiger partial charge in [0, 0.05) is 50.2 Å². The van der Waals surface area contributed by atoms with Gasteiger partial charge in [0.15, 0.2) is 0 Å². The normalized spacial score (nSPS) is 19.9. The highest BCUT2D eigenvalue weighted by Crippen LogP contribution is 2.29. The number of urea groups is 1. The van der Waals surface area contributed by atoms with Gasteiger partial charge in [-0.3, -0.25) is 9.59 Å². The summed E-state index contributed by atoms with van der Waals surface area (Å²) >= 11 is 0. The molecule has 0 aromatic heterocycles. The molecule has 0 radical (unpaired) electrons. The van der Waals surface area contributed by atoms with Gasteiger partial charge in [-0.05, 0) is 62.8 Å². The molecule has 3 N–H and O–H groups in total. The van der Waals surface area contributed by atoms with Crippen LogP contribution in [0.5, 0.6) is 5.75 Å². The van der Waals surface area contributed by atoms with E-state index >= 15 is 0 Å². The number of aliphatic hydroxyl groups excluding tert-OH is 1. The first kappa shape index (κ1) is 38.4. The second kappa shape index (κ2) is 17.5. The average Bonchev–Trinajstić information content (AvgIpc) is 3.08. The highest BCUT2D eigenvalue weighted by molar-refractivity contribution is 6.02. The van der Waals surface area contributed by atoms with Crippen LogP contribution in [0.4, 0.5) is 29.3 Å². The zero-order valence-electron chi connectivity index (χ0n) is 29.0. The highest BCUT2D eigenvalue weighted by Gasteiger charge is 2.32. The van der Waals surface area contributed by atoms with Gasteiger partial charge in [0.25, 0.3) is 5.91 Å². The quantitative estimate of drug-likeness (QED) is 0.231. The largest absolute Gasteiger partial charge is 0.490 e. The van der Waals surface area contributed by atoms with Crippen molar-refractivity contribution >= 4 is 40.0 Å². The van der Waals surface area contributed by atoms with Crippen LogP contribution in [0.1, 0.15) is 63.2 Å². The Labute approximate surface area is 290 Å². The maximum atomic E-state index is 14.3. The van der Waals surface area contributed by atoms with Gasteiger partial charge in [-0.1, -0.05) is 43.3 Å². The molecule has 50 heavy (non-hydrogen) atoms. The Morgan fingerprint density at radius 1 is 1.06 bits per heavy atom. The lowest BCUT2D eigenvalue weighted by molar-refractivity contribution is -0.142. The summed E-state index contributed by atoms with van der Waals surface area (Å²) in [5, 5.41) is 17.5. The summed E-state index contributed by atoms with van der Waals surface area (Å²) in [4.78, 5) is 43.0. The molecule has 0 aliphatic carbocycles. The van der Waals surface area contributed by atoms with Crippen LogP contribution in [-0.4, -0.2) is 90.5 Å². The van der Waals surface area contributed by atoms with Crippen molar-refractivity contribution in [2.45, 2.75) is 77.3 Å². The monoisotopic (exact) mass is 700 g/mol. The van der Waals surface area contributed by atoms with E-state index in [1.165, 1.54) is 23.1 Å². The molecule has 3 aromatic carbocycles. The molecule has 272 valence electrons. The number of halogens is 3. The number of likely N-dealkylation sites (N-methyl/N-ethyl adjacent to an activating group) is 1. The molecule has 1 heterocycles. The Morgan fingerprint density at radius 3 is 2.54 bits per heavy atom. The number of rotatable bonds is 8. The van der Waals surface area contributed by atoms with Gasteiger partial charge >= 0.3 is 12.2 Å². The number of hydrogen-bond acceptors (Lipinski definition) is 6. The van der Waals surface area contributed by atoms with Crippen molar-refractivity contribution in [1.29, 1.82) is 0 Å². The van der Waals surface area contributed by atoms with Crippen molar-refractivity contribution in [3.05, 3.63) is 66.2 Å².